The first-order valence-electron chi connectivity index (χ1n) is 8.40. The Morgan fingerprint density at radius 3 is 2.48 bits per heavy atom. The van der Waals surface area contributed by atoms with Crippen LogP contribution >= 0.6 is 23.4 Å². The first-order chi connectivity index (χ1) is 13.2. The molecule has 5 nitrogen and oxygen atoms in total. The van der Waals surface area contributed by atoms with Crippen LogP contribution in [0.3, 0.4) is 0 Å². The van der Waals surface area contributed by atoms with Crippen molar-refractivity contribution in [2.45, 2.75) is 12.1 Å². The van der Waals surface area contributed by atoms with Crippen molar-refractivity contribution in [3.8, 4) is 17.2 Å². The molecule has 1 aromatic heterocycles. The number of aromatic nitrogens is 3. The van der Waals surface area contributed by atoms with Crippen molar-refractivity contribution >= 4 is 35.5 Å². The fraction of sp³-hybridized carbons (Fsp3) is 0.200. The third-order valence-electron chi connectivity index (χ3n) is 3.87. The quantitative estimate of drug-likeness (QED) is 0.508. The lowest BCUT2D eigenvalue weighted by atomic mass is 10.1. The maximum Gasteiger partial charge on any atom is 0.196 e. The Morgan fingerprint density at radius 1 is 1.04 bits per heavy atom. The summed E-state index contributed by atoms with van der Waals surface area (Å²) in [5.74, 6) is 3.14. The third kappa shape index (κ3) is 4.46. The predicted molar refractivity (Wildman–Crippen MR) is 111 cm³/mol. The molecule has 3 aromatic rings. The van der Waals surface area contributed by atoms with Gasteiger partial charge in [-0.15, -0.1) is 10.2 Å². The highest BCUT2D eigenvalue weighted by atomic mass is 35.5. The maximum absolute atomic E-state index is 6.03. The first-order valence-corrected chi connectivity index (χ1v) is 9.77. The molecule has 0 atom stereocenters. The summed E-state index contributed by atoms with van der Waals surface area (Å²) in [6.07, 6.45) is 3.86. The summed E-state index contributed by atoms with van der Waals surface area (Å²) >= 11 is 7.67. The second-order valence-electron chi connectivity index (χ2n) is 5.53. The number of nitrogens with zero attached hydrogens (tertiary/aromatic N) is 3. The van der Waals surface area contributed by atoms with Gasteiger partial charge in [0.1, 0.15) is 11.5 Å². The SMILES string of the molecule is CCSc1nnc(/C=C/c2cc(OC)ccc2OC)n1-c1ccc(Cl)cc1. The van der Waals surface area contributed by atoms with E-state index in [-0.39, 0.29) is 0 Å². The summed E-state index contributed by atoms with van der Waals surface area (Å²) in [6.45, 7) is 2.09. The molecule has 3 rings (SSSR count). The van der Waals surface area contributed by atoms with Crippen molar-refractivity contribution in [1.82, 2.24) is 14.8 Å². The van der Waals surface area contributed by atoms with Crippen LogP contribution in [0.4, 0.5) is 0 Å². The average Bonchev–Trinajstić information content (AvgIpc) is 3.09. The van der Waals surface area contributed by atoms with Gasteiger partial charge in [0.15, 0.2) is 11.0 Å². The molecule has 0 unspecified atom stereocenters. The molecule has 0 bridgehead atoms. The molecule has 0 aliphatic rings. The van der Waals surface area contributed by atoms with E-state index in [1.165, 1.54) is 0 Å². The van der Waals surface area contributed by atoms with E-state index >= 15 is 0 Å². The molecule has 0 aliphatic carbocycles. The van der Waals surface area contributed by atoms with Gasteiger partial charge in [-0.05, 0) is 60.4 Å². The smallest absolute Gasteiger partial charge is 0.196 e. The van der Waals surface area contributed by atoms with E-state index in [9.17, 15) is 0 Å². The molecule has 7 heteroatoms. The van der Waals surface area contributed by atoms with Gasteiger partial charge >= 0.3 is 0 Å². The van der Waals surface area contributed by atoms with Crippen LogP contribution in [-0.4, -0.2) is 34.7 Å². The minimum absolute atomic E-state index is 0.690. The van der Waals surface area contributed by atoms with Gasteiger partial charge in [0.25, 0.3) is 0 Å². The molecular weight excluding hydrogens is 382 g/mol. The highest BCUT2D eigenvalue weighted by Gasteiger charge is 2.12. The standard InChI is InChI=1S/C20H20ClN3O2S/c1-4-27-20-23-22-19(24(20)16-8-6-15(21)7-9-16)12-5-14-13-17(25-2)10-11-18(14)26-3/h5-13H,4H2,1-3H3/b12-5+. The normalized spacial score (nSPS) is 11.1. The monoisotopic (exact) mass is 401 g/mol. The predicted octanol–water partition coefficient (Wildman–Crippen LogP) is 5.22. The largest absolute Gasteiger partial charge is 0.497 e. The summed E-state index contributed by atoms with van der Waals surface area (Å²) in [4.78, 5) is 0. The van der Waals surface area contributed by atoms with Gasteiger partial charge in [-0.25, -0.2) is 0 Å². The van der Waals surface area contributed by atoms with E-state index in [1.807, 2.05) is 59.2 Å². The van der Waals surface area contributed by atoms with Gasteiger partial charge in [-0.1, -0.05) is 30.3 Å². The van der Waals surface area contributed by atoms with Crippen LogP contribution in [0.25, 0.3) is 17.8 Å². The molecule has 27 heavy (non-hydrogen) atoms. The molecule has 0 N–H and O–H groups in total. The van der Waals surface area contributed by atoms with Gasteiger partial charge in [-0.3, -0.25) is 4.57 Å². The van der Waals surface area contributed by atoms with Crippen LogP contribution in [0.15, 0.2) is 47.6 Å². The van der Waals surface area contributed by atoms with Crippen LogP contribution in [0.2, 0.25) is 5.02 Å². The Hall–Kier alpha value is -2.44. The summed E-state index contributed by atoms with van der Waals surface area (Å²) in [7, 11) is 3.28. The summed E-state index contributed by atoms with van der Waals surface area (Å²) < 4.78 is 12.8. The Bertz CT molecular complexity index is 939. The summed E-state index contributed by atoms with van der Waals surface area (Å²) in [5, 5.41) is 10.2. The number of hydrogen-bond donors (Lipinski definition) is 0. The molecule has 2 aromatic carbocycles. The number of benzene rings is 2. The average molecular weight is 402 g/mol. The Labute approximate surface area is 168 Å². The number of rotatable bonds is 7. The molecule has 0 saturated heterocycles. The minimum Gasteiger partial charge on any atom is -0.497 e. The molecule has 0 saturated carbocycles. The molecule has 0 amide bonds. The minimum atomic E-state index is 0.690. The fourth-order valence-corrected chi connectivity index (χ4v) is 3.39. The number of thioether (sulfide) groups is 1. The van der Waals surface area contributed by atoms with Gasteiger partial charge in [0.05, 0.1) is 14.2 Å². The highest BCUT2D eigenvalue weighted by Crippen LogP contribution is 2.27. The van der Waals surface area contributed by atoms with Crippen molar-refractivity contribution < 1.29 is 9.47 Å². The Balaban J connectivity index is 2.02. The summed E-state index contributed by atoms with van der Waals surface area (Å²) in [6, 6.07) is 13.3. The Kier molecular flexibility index (Phi) is 6.42. The van der Waals surface area contributed by atoms with Crippen molar-refractivity contribution in [3.63, 3.8) is 0 Å². The first kappa shape index (κ1) is 19.3. The zero-order valence-electron chi connectivity index (χ0n) is 15.3. The number of halogens is 1. The molecule has 1 heterocycles. The Morgan fingerprint density at radius 2 is 1.81 bits per heavy atom. The molecular formula is C20H20ClN3O2S. The van der Waals surface area contributed by atoms with E-state index in [4.69, 9.17) is 21.1 Å². The highest BCUT2D eigenvalue weighted by molar-refractivity contribution is 7.99. The number of ether oxygens (including phenoxy) is 2. The molecule has 0 spiro atoms. The van der Waals surface area contributed by atoms with Crippen molar-refractivity contribution in [2.24, 2.45) is 0 Å². The lowest BCUT2D eigenvalue weighted by Crippen LogP contribution is -1.99. The van der Waals surface area contributed by atoms with Gasteiger partial charge < -0.3 is 9.47 Å². The molecule has 0 radical (unpaired) electrons. The van der Waals surface area contributed by atoms with Crippen LogP contribution < -0.4 is 9.47 Å². The molecule has 140 valence electrons. The van der Waals surface area contributed by atoms with Crippen LogP contribution in [-0.2, 0) is 0 Å². The van der Waals surface area contributed by atoms with E-state index in [1.54, 1.807) is 26.0 Å². The molecule has 0 aliphatic heterocycles. The number of methoxy groups -OCH3 is 2. The number of hydrogen-bond acceptors (Lipinski definition) is 5. The van der Waals surface area contributed by atoms with Gasteiger partial charge in [0.2, 0.25) is 0 Å². The maximum atomic E-state index is 6.03. The lowest BCUT2D eigenvalue weighted by molar-refractivity contribution is 0.402. The zero-order valence-corrected chi connectivity index (χ0v) is 16.9. The second kappa shape index (κ2) is 8.97. The van der Waals surface area contributed by atoms with Gasteiger partial charge in [0, 0.05) is 16.3 Å². The van der Waals surface area contributed by atoms with Crippen LogP contribution in [0.1, 0.15) is 18.3 Å². The third-order valence-corrected chi connectivity index (χ3v) is 4.93. The van der Waals surface area contributed by atoms with E-state index < -0.39 is 0 Å². The molecule has 0 fully saturated rings. The second-order valence-corrected chi connectivity index (χ2v) is 7.19. The van der Waals surface area contributed by atoms with Crippen molar-refractivity contribution in [1.29, 1.82) is 0 Å². The van der Waals surface area contributed by atoms with E-state index in [2.05, 4.69) is 17.1 Å². The zero-order chi connectivity index (χ0) is 19.2. The van der Waals surface area contributed by atoms with E-state index in [0.717, 1.165) is 39.5 Å². The van der Waals surface area contributed by atoms with Crippen LogP contribution in [0, 0.1) is 0 Å². The van der Waals surface area contributed by atoms with Crippen molar-refractivity contribution in [3.05, 3.63) is 58.9 Å². The van der Waals surface area contributed by atoms with Gasteiger partial charge in [-0.2, -0.15) is 0 Å². The lowest BCUT2D eigenvalue weighted by Gasteiger charge is -2.09. The van der Waals surface area contributed by atoms with E-state index in [0.29, 0.717) is 5.02 Å². The van der Waals surface area contributed by atoms with Crippen LogP contribution in [0.5, 0.6) is 11.5 Å². The van der Waals surface area contributed by atoms with Crippen molar-refractivity contribution in [2.75, 3.05) is 20.0 Å². The fourth-order valence-electron chi connectivity index (χ4n) is 2.58. The summed E-state index contributed by atoms with van der Waals surface area (Å²) in [5.41, 5.74) is 1.85. The topological polar surface area (TPSA) is 49.2 Å².